The van der Waals surface area contributed by atoms with E-state index >= 15 is 0 Å². The Balaban J connectivity index is 3.18. The molecular formula is C14H26O6S2. The number of hydrogen-bond donors (Lipinski definition) is 0. The molecule has 0 heterocycles. The molecule has 0 aromatic carbocycles. The second-order valence-corrected chi connectivity index (χ2v) is 10.0. The van der Waals surface area contributed by atoms with Crippen molar-refractivity contribution in [3.63, 3.8) is 0 Å². The zero-order chi connectivity index (χ0) is 17.4. The van der Waals surface area contributed by atoms with Crippen LogP contribution in [0.3, 0.4) is 0 Å². The van der Waals surface area contributed by atoms with Gasteiger partial charge in [-0.2, -0.15) is 16.8 Å². The Hall–Kier alpha value is -0.440. The highest BCUT2D eigenvalue weighted by Crippen LogP contribution is 2.54. The van der Waals surface area contributed by atoms with E-state index in [9.17, 15) is 16.8 Å². The molecule has 0 N–H and O–H groups in total. The van der Waals surface area contributed by atoms with Crippen LogP contribution in [-0.4, -0.2) is 42.6 Å². The molecule has 22 heavy (non-hydrogen) atoms. The predicted molar refractivity (Wildman–Crippen MR) is 85.3 cm³/mol. The molecule has 0 saturated carbocycles. The molecule has 8 heteroatoms. The Kier molecular flexibility index (Phi) is 5.54. The molecule has 6 nitrogen and oxygen atoms in total. The van der Waals surface area contributed by atoms with Crippen molar-refractivity contribution in [3.05, 3.63) is 12.2 Å². The zero-order valence-corrected chi connectivity index (χ0v) is 15.6. The van der Waals surface area contributed by atoms with Gasteiger partial charge in [-0.05, 0) is 11.8 Å². The summed E-state index contributed by atoms with van der Waals surface area (Å²) in [5.41, 5.74) is -1.18. The van der Waals surface area contributed by atoms with Crippen molar-refractivity contribution in [3.8, 4) is 0 Å². The minimum atomic E-state index is -3.58. The van der Waals surface area contributed by atoms with E-state index in [2.05, 4.69) is 0 Å². The van der Waals surface area contributed by atoms with Crippen LogP contribution in [0.1, 0.15) is 27.7 Å². The lowest BCUT2D eigenvalue weighted by Gasteiger charge is -2.53. The second-order valence-electron chi connectivity index (χ2n) is 6.73. The molecule has 0 aromatic heterocycles. The Bertz CT molecular complexity index is 580. The van der Waals surface area contributed by atoms with E-state index in [4.69, 9.17) is 8.37 Å². The standard InChI is InChI=1S/C14H26O6S2/c1-11-7-8-12(2)14(4,10-20-22(6,17)18)13(11,3)9-19-21(5,15)16/h7-8,11-12H,9-10H2,1-6H3/t11?,12?,13-,14+. The summed E-state index contributed by atoms with van der Waals surface area (Å²) in [6.07, 6.45) is 6.04. The molecule has 0 aromatic rings. The quantitative estimate of drug-likeness (QED) is 0.534. The van der Waals surface area contributed by atoms with Gasteiger partial charge in [-0.15, -0.1) is 0 Å². The topological polar surface area (TPSA) is 86.7 Å². The van der Waals surface area contributed by atoms with Crippen molar-refractivity contribution in [1.82, 2.24) is 0 Å². The Morgan fingerprint density at radius 1 is 0.818 bits per heavy atom. The molecule has 1 rings (SSSR count). The molecular weight excluding hydrogens is 328 g/mol. The van der Waals surface area contributed by atoms with Crippen LogP contribution in [-0.2, 0) is 28.6 Å². The van der Waals surface area contributed by atoms with Crippen LogP contribution in [0.15, 0.2) is 12.2 Å². The van der Waals surface area contributed by atoms with Crippen molar-refractivity contribution in [2.24, 2.45) is 22.7 Å². The van der Waals surface area contributed by atoms with Crippen LogP contribution in [0.2, 0.25) is 0 Å². The summed E-state index contributed by atoms with van der Waals surface area (Å²) in [6.45, 7) is 7.71. The minimum absolute atomic E-state index is 0.0126. The van der Waals surface area contributed by atoms with Gasteiger partial charge >= 0.3 is 0 Å². The summed E-state index contributed by atoms with van der Waals surface area (Å²) >= 11 is 0. The SMILES string of the molecule is CC1C=CC(C)[C@@](C)(COS(C)(=O)=O)[C@@]1(C)COS(C)(=O)=O. The fraction of sp³-hybridized carbons (Fsp3) is 0.857. The fourth-order valence-electron chi connectivity index (χ4n) is 2.85. The molecule has 0 saturated heterocycles. The van der Waals surface area contributed by atoms with E-state index in [0.717, 1.165) is 12.5 Å². The van der Waals surface area contributed by atoms with Crippen molar-refractivity contribution in [1.29, 1.82) is 0 Å². The Morgan fingerprint density at radius 3 is 1.32 bits per heavy atom. The predicted octanol–water partition coefficient (Wildman–Crippen LogP) is 1.79. The molecule has 0 radical (unpaired) electrons. The molecule has 0 aliphatic heterocycles. The molecule has 1 aliphatic carbocycles. The monoisotopic (exact) mass is 354 g/mol. The summed E-state index contributed by atoms with van der Waals surface area (Å²) in [6, 6.07) is 0. The van der Waals surface area contributed by atoms with Crippen LogP contribution >= 0.6 is 0 Å². The van der Waals surface area contributed by atoms with Gasteiger partial charge in [0.15, 0.2) is 0 Å². The molecule has 0 spiro atoms. The molecule has 0 amide bonds. The molecule has 1 aliphatic rings. The third-order valence-corrected chi connectivity index (χ3v) is 6.24. The molecule has 0 fully saturated rings. The third kappa shape index (κ3) is 4.31. The average Bonchev–Trinajstić information content (AvgIpc) is 2.35. The van der Waals surface area contributed by atoms with Gasteiger partial charge < -0.3 is 0 Å². The van der Waals surface area contributed by atoms with Gasteiger partial charge in [0.25, 0.3) is 20.2 Å². The lowest BCUT2D eigenvalue weighted by atomic mass is 9.53. The maximum Gasteiger partial charge on any atom is 0.264 e. The normalized spacial score (nSPS) is 36.5. The lowest BCUT2D eigenvalue weighted by molar-refractivity contribution is -0.0707. The average molecular weight is 354 g/mol. The zero-order valence-electron chi connectivity index (χ0n) is 14.0. The fourth-order valence-corrected chi connectivity index (χ4v) is 3.77. The van der Waals surface area contributed by atoms with Crippen molar-refractivity contribution in [2.75, 3.05) is 25.7 Å². The molecule has 4 atom stereocenters. The minimum Gasteiger partial charge on any atom is -0.270 e. The van der Waals surface area contributed by atoms with E-state index in [0.29, 0.717) is 0 Å². The van der Waals surface area contributed by atoms with E-state index in [1.54, 1.807) is 0 Å². The number of rotatable bonds is 6. The first-order valence-corrected chi connectivity index (χ1v) is 10.7. The molecule has 0 bridgehead atoms. The first kappa shape index (κ1) is 19.6. The summed E-state index contributed by atoms with van der Waals surface area (Å²) in [7, 11) is -7.16. The first-order chi connectivity index (χ1) is 9.71. The number of allylic oxidation sites excluding steroid dienone is 2. The summed E-state index contributed by atoms with van der Waals surface area (Å²) < 4.78 is 55.6. The van der Waals surface area contributed by atoms with Gasteiger partial charge in [0.1, 0.15) is 0 Å². The van der Waals surface area contributed by atoms with E-state index < -0.39 is 31.1 Å². The highest BCUT2D eigenvalue weighted by Gasteiger charge is 2.53. The van der Waals surface area contributed by atoms with Gasteiger partial charge in [0, 0.05) is 10.8 Å². The van der Waals surface area contributed by atoms with Crippen LogP contribution < -0.4 is 0 Å². The smallest absolute Gasteiger partial charge is 0.264 e. The van der Waals surface area contributed by atoms with Crippen LogP contribution in [0.25, 0.3) is 0 Å². The molecule has 2 unspecified atom stereocenters. The van der Waals surface area contributed by atoms with Crippen LogP contribution in [0.4, 0.5) is 0 Å². The molecule has 130 valence electrons. The summed E-state index contributed by atoms with van der Waals surface area (Å²) in [4.78, 5) is 0. The van der Waals surface area contributed by atoms with E-state index in [1.807, 2.05) is 39.8 Å². The van der Waals surface area contributed by atoms with E-state index in [1.165, 1.54) is 0 Å². The lowest BCUT2D eigenvalue weighted by Crippen LogP contribution is -2.53. The Labute approximate surface area is 134 Å². The van der Waals surface area contributed by atoms with E-state index in [-0.39, 0.29) is 25.0 Å². The van der Waals surface area contributed by atoms with Gasteiger partial charge in [0.2, 0.25) is 0 Å². The maximum absolute atomic E-state index is 11.4. The van der Waals surface area contributed by atoms with Gasteiger partial charge in [-0.1, -0.05) is 39.8 Å². The summed E-state index contributed by atoms with van der Waals surface area (Å²) in [5, 5.41) is 0. The first-order valence-electron chi connectivity index (χ1n) is 7.08. The van der Waals surface area contributed by atoms with Gasteiger partial charge in [-0.3, -0.25) is 8.37 Å². The third-order valence-electron chi connectivity index (χ3n) is 5.15. The summed E-state index contributed by atoms with van der Waals surface area (Å²) in [5.74, 6) is 0.0252. The largest absolute Gasteiger partial charge is 0.270 e. The van der Waals surface area contributed by atoms with Crippen molar-refractivity contribution >= 4 is 20.2 Å². The van der Waals surface area contributed by atoms with Gasteiger partial charge in [0.05, 0.1) is 25.7 Å². The van der Waals surface area contributed by atoms with Crippen LogP contribution in [0.5, 0.6) is 0 Å². The Morgan fingerprint density at radius 2 is 1.09 bits per heavy atom. The van der Waals surface area contributed by atoms with Crippen molar-refractivity contribution < 1.29 is 25.2 Å². The van der Waals surface area contributed by atoms with Crippen LogP contribution in [0, 0.1) is 22.7 Å². The van der Waals surface area contributed by atoms with Crippen molar-refractivity contribution in [2.45, 2.75) is 27.7 Å². The maximum atomic E-state index is 11.4. The number of hydrogen-bond acceptors (Lipinski definition) is 6. The highest BCUT2D eigenvalue weighted by atomic mass is 32.2. The second kappa shape index (κ2) is 6.22. The van der Waals surface area contributed by atoms with Gasteiger partial charge in [-0.25, -0.2) is 0 Å². The highest BCUT2D eigenvalue weighted by molar-refractivity contribution is 7.86.